The molecule has 1 aliphatic heterocycles. The molecule has 2 amide bonds. The first-order valence-corrected chi connectivity index (χ1v) is 7.04. The highest BCUT2D eigenvalue weighted by atomic mass is 16.4. The maximum absolute atomic E-state index is 11.9. The number of carboxylic acid groups (broad SMARTS) is 1. The Hall–Kier alpha value is -1.30. The van der Waals surface area contributed by atoms with E-state index in [2.05, 4.69) is 24.6 Å². The lowest BCUT2D eigenvalue weighted by Crippen LogP contribution is -2.58. The fourth-order valence-electron chi connectivity index (χ4n) is 2.50. The van der Waals surface area contributed by atoms with E-state index in [1.807, 2.05) is 11.9 Å². The Morgan fingerprint density at radius 1 is 1.32 bits per heavy atom. The number of amides is 2. The summed E-state index contributed by atoms with van der Waals surface area (Å²) >= 11 is 0. The molecule has 1 aliphatic rings. The molecule has 2 unspecified atom stereocenters. The van der Waals surface area contributed by atoms with E-state index in [1.165, 1.54) is 0 Å². The van der Waals surface area contributed by atoms with Gasteiger partial charge in [-0.2, -0.15) is 0 Å². The molecule has 1 rings (SSSR count). The van der Waals surface area contributed by atoms with E-state index < -0.39 is 18.0 Å². The minimum atomic E-state index is -0.989. The molecule has 0 aromatic rings. The maximum Gasteiger partial charge on any atom is 0.330 e. The lowest BCUT2D eigenvalue weighted by molar-refractivity contribution is -0.139. The van der Waals surface area contributed by atoms with Gasteiger partial charge in [-0.05, 0) is 33.1 Å². The van der Waals surface area contributed by atoms with Crippen molar-refractivity contribution in [1.29, 1.82) is 0 Å². The van der Waals surface area contributed by atoms with E-state index in [-0.39, 0.29) is 12.1 Å². The molecule has 1 heterocycles. The molecule has 6 heteroatoms. The molecule has 3 N–H and O–H groups in total. The van der Waals surface area contributed by atoms with Crippen LogP contribution in [0.25, 0.3) is 0 Å². The third kappa shape index (κ3) is 4.70. The van der Waals surface area contributed by atoms with Crippen LogP contribution in [0.3, 0.4) is 0 Å². The minimum absolute atomic E-state index is 0.281. The number of hydrogen-bond acceptors (Lipinski definition) is 3. The Balaban J connectivity index is 2.51. The summed E-state index contributed by atoms with van der Waals surface area (Å²) in [4.78, 5) is 22.9. The Kier molecular flexibility index (Phi) is 6.08. The maximum atomic E-state index is 11.9. The third-order valence-electron chi connectivity index (χ3n) is 3.60. The number of nitrogens with zero attached hydrogens (tertiary/aromatic N) is 1. The molecular formula is C13H25N3O3. The van der Waals surface area contributed by atoms with Crippen LogP contribution in [-0.2, 0) is 4.79 Å². The molecule has 1 saturated heterocycles. The second kappa shape index (κ2) is 7.33. The standard InChI is InChI=1S/C13H25N3O3/c1-4-6-11(12(17)18)14-13(19)15-16-9(2)7-5-8-10(16)3/h9-11H,4-8H2,1-3H3,(H,17,18)(H2,14,15,19)/t9?,10?,11-/m0/s1. The van der Waals surface area contributed by atoms with Gasteiger partial charge in [-0.15, -0.1) is 0 Å². The molecule has 110 valence electrons. The van der Waals surface area contributed by atoms with Gasteiger partial charge in [-0.3, -0.25) is 5.43 Å². The van der Waals surface area contributed by atoms with E-state index in [0.717, 1.165) is 19.3 Å². The molecule has 19 heavy (non-hydrogen) atoms. The number of hydrazine groups is 1. The number of carbonyl (C=O) groups excluding carboxylic acids is 1. The Morgan fingerprint density at radius 3 is 2.37 bits per heavy atom. The van der Waals surface area contributed by atoms with Crippen molar-refractivity contribution in [2.24, 2.45) is 0 Å². The number of aliphatic carboxylic acids is 1. The monoisotopic (exact) mass is 271 g/mol. The Bertz CT molecular complexity index is 312. The summed E-state index contributed by atoms with van der Waals surface area (Å²) in [5.41, 5.74) is 2.78. The zero-order valence-electron chi connectivity index (χ0n) is 12.0. The van der Waals surface area contributed by atoms with Crippen molar-refractivity contribution in [2.75, 3.05) is 0 Å². The van der Waals surface area contributed by atoms with Gasteiger partial charge >= 0.3 is 12.0 Å². The van der Waals surface area contributed by atoms with Crippen molar-refractivity contribution in [3.8, 4) is 0 Å². The number of nitrogens with one attached hydrogen (secondary N) is 2. The van der Waals surface area contributed by atoms with Crippen molar-refractivity contribution in [2.45, 2.75) is 71.0 Å². The molecule has 0 aromatic heterocycles. The summed E-state index contributed by atoms with van der Waals surface area (Å²) in [5, 5.41) is 13.4. The van der Waals surface area contributed by atoms with Gasteiger partial charge in [0.05, 0.1) is 0 Å². The molecule has 0 saturated carbocycles. The van der Waals surface area contributed by atoms with Crippen LogP contribution in [0, 0.1) is 0 Å². The number of carbonyl (C=O) groups is 2. The predicted octanol–water partition coefficient (Wildman–Crippen LogP) is 1.72. The zero-order valence-corrected chi connectivity index (χ0v) is 12.0. The van der Waals surface area contributed by atoms with E-state index in [9.17, 15) is 9.59 Å². The average Bonchev–Trinajstić information content (AvgIpc) is 2.33. The normalized spacial score (nSPS) is 25.6. The smallest absolute Gasteiger partial charge is 0.330 e. The van der Waals surface area contributed by atoms with E-state index in [4.69, 9.17) is 5.11 Å². The highest BCUT2D eigenvalue weighted by Gasteiger charge is 2.27. The summed E-state index contributed by atoms with van der Waals surface area (Å²) in [5.74, 6) is -0.989. The fraction of sp³-hybridized carbons (Fsp3) is 0.846. The van der Waals surface area contributed by atoms with E-state index >= 15 is 0 Å². The van der Waals surface area contributed by atoms with Gasteiger partial charge in [0.15, 0.2) is 0 Å². The fourth-order valence-corrected chi connectivity index (χ4v) is 2.50. The molecular weight excluding hydrogens is 246 g/mol. The second-order valence-electron chi connectivity index (χ2n) is 5.30. The van der Waals surface area contributed by atoms with Crippen LogP contribution in [0.15, 0.2) is 0 Å². The van der Waals surface area contributed by atoms with Crippen LogP contribution in [0.2, 0.25) is 0 Å². The van der Waals surface area contributed by atoms with Crippen LogP contribution >= 0.6 is 0 Å². The summed E-state index contributed by atoms with van der Waals surface area (Å²) in [6, 6.07) is -0.685. The summed E-state index contributed by atoms with van der Waals surface area (Å²) in [6.07, 6.45) is 4.40. The van der Waals surface area contributed by atoms with E-state index in [0.29, 0.717) is 12.8 Å². The quantitative estimate of drug-likeness (QED) is 0.711. The van der Waals surface area contributed by atoms with Crippen molar-refractivity contribution in [1.82, 2.24) is 15.8 Å². The van der Waals surface area contributed by atoms with E-state index in [1.54, 1.807) is 0 Å². The van der Waals surface area contributed by atoms with Gasteiger partial charge in [0.25, 0.3) is 0 Å². The number of urea groups is 1. The molecule has 0 radical (unpaired) electrons. The van der Waals surface area contributed by atoms with Crippen LogP contribution < -0.4 is 10.7 Å². The van der Waals surface area contributed by atoms with Crippen LogP contribution in [0.1, 0.15) is 52.9 Å². The first-order valence-electron chi connectivity index (χ1n) is 7.04. The van der Waals surface area contributed by atoms with Crippen molar-refractivity contribution < 1.29 is 14.7 Å². The predicted molar refractivity (Wildman–Crippen MR) is 72.6 cm³/mol. The second-order valence-corrected chi connectivity index (χ2v) is 5.30. The van der Waals surface area contributed by atoms with Gasteiger partial charge in [-0.1, -0.05) is 19.8 Å². The number of carboxylic acids is 1. The largest absolute Gasteiger partial charge is 0.480 e. The lowest BCUT2D eigenvalue weighted by atomic mass is 10.00. The molecule has 0 aliphatic carbocycles. The summed E-state index contributed by atoms with van der Waals surface area (Å²) < 4.78 is 0. The van der Waals surface area contributed by atoms with Gasteiger partial charge in [0.2, 0.25) is 0 Å². The summed E-state index contributed by atoms with van der Waals surface area (Å²) in [6.45, 7) is 6.03. The highest BCUT2D eigenvalue weighted by Crippen LogP contribution is 2.20. The van der Waals surface area contributed by atoms with Crippen molar-refractivity contribution in [3.05, 3.63) is 0 Å². The number of hydrogen-bond donors (Lipinski definition) is 3. The van der Waals surface area contributed by atoms with Crippen molar-refractivity contribution >= 4 is 12.0 Å². The molecule has 3 atom stereocenters. The zero-order chi connectivity index (χ0) is 14.4. The number of piperidine rings is 1. The molecule has 0 bridgehead atoms. The topological polar surface area (TPSA) is 81.7 Å². The average molecular weight is 271 g/mol. The van der Waals surface area contributed by atoms with Gasteiger partial charge < -0.3 is 10.4 Å². The van der Waals surface area contributed by atoms with Crippen LogP contribution in [-0.4, -0.2) is 40.2 Å². The first-order chi connectivity index (χ1) is 8.95. The molecule has 0 aromatic carbocycles. The Morgan fingerprint density at radius 2 is 1.89 bits per heavy atom. The SMILES string of the molecule is CCC[C@H](NC(=O)NN1C(C)CCCC1C)C(=O)O. The highest BCUT2D eigenvalue weighted by molar-refractivity contribution is 5.82. The van der Waals surface area contributed by atoms with Crippen LogP contribution in [0.4, 0.5) is 4.79 Å². The van der Waals surface area contributed by atoms with Gasteiger partial charge in [-0.25, -0.2) is 14.6 Å². The van der Waals surface area contributed by atoms with Crippen molar-refractivity contribution in [3.63, 3.8) is 0 Å². The first kappa shape index (κ1) is 15.8. The Labute approximate surface area is 114 Å². The lowest BCUT2D eigenvalue weighted by Gasteiger charge is -2.38. The molecule has 1 fully saturated rings. The van der Waals surface area contributed by atoms with Crippen LogP contribution in [0.5, 0.6) is 0 Å². The minimum Gasteiger partial charge on any atom is -0.480 e. The number of rotatable bonds is 5. The molecule has 0 spiro atoms. The molecule has 6 nitrogen and oxygen atoms in total. The van der Waals surface area contributed by atoms with Gasteiger partial charge in [0.1, 0.15) is 6.04 Å². The van der Waals surface area contributed by atoms with Gasteiger partial charge in [0, 0.05) is 12.1 Å². The third-order valence-corrected chi connectivity index (χ3v) is 3.60. The summed E-state index contributed by atoms with van der Waals surface area (Å²) in [7, 11) is 0.